The zero-order chi connectivity index (χ0) is 23.3. The number of carbonyl (C=O) groups excluding carboxylic acids is 1. The van der Waals surface area contributed by atoms with Crippen molar-refractivity contribution in [3.63, 3.8) is 0 Å². The van der Waals surface area contributed by atoms with Gasteiger partial charge in [-0.15, -0.1) is 0 Å². The van der Waals surface area contributed by atoms with E-state index in [1.165, 1.54) is 12.1 Å². The molecule has 4 heterocycles. The molecule has 1 aliphatic heterocycles. The van der Waals surface area contributed by atoms with Crippen molar-refractivity contribution >= 4 is 16.9 Å². The van der Waals surface area contributed by atoms with Crippen molar-refractivity contribution in [1.29, 1.82) is 0 Å². The van der Waals surface area contributed by atoms with Crippen LogP contribution in [0.15, 0.2) is 42.7 Å². The van der Waals surface area contributed by atoms with Crippen molar-refractivity contribution in [3.8, 4) is 11.3 Å². The molecule has 6 nitrogen and oxygen atoms in total. The topological polar surface area (TPSA) is 56.0 Å². The van der Waals surface area contributed by atoms with Crippen molar-refractivity contribution in [2.45, 2.75) is 25.9 Å². The Hall–Kier alpha value is -3.62. The van der Waals surface area contributed by atoms with Crippen molar-refractivity contribution in [3.05, 3.63) is 71.2 Å². The van der Waals surface area contributed by atoms with E-state index in [2.05, 4.69) is 10.1 Å². The second-order valence-electron chi connectivity index (χ2n) is 8.21. The number of alkyl halides is 1. The van der Waals surface area contributed by atoms with Crippen molar-refractivity contribution in [2.75, 3.05) is 13.2 Å². The number of nitrogens with zero attached hydrogens (tertiary/aromatic N) is 5. The van der Waals surface area contributed by atoms with Crippen LogP contribution in [-0.4, -0.2) is 43.4 Å². The van der Waals surface area contributed by atoms with Crippen LogP contribution in [0.1, 0.15) is 34.6 Å². The summed E-state index contributed by atoms with van der Waals surface area (Å²) in [5, 5.41) is 5.28. The lowest BCUT2D eigenvalue weighted by atomic mass is 9.95. The smallest absolute Gasteiger partial charge is 0.255 e. The number of halogens is 3. The number of benzene rings is 1. The number of fused-ring (bicyclic) bond motifs is 2. The lowest BCUT2D eigenvalue weighted by Crippen LogP contribution is -2.39. The maximum atomic E-state index is 13.8. The first-order valence-corrected chi connectivity index (χ1v) is 10.7. The summed E-state index contributed by atoms with van der Waals surface area (Å²) < 4.78 is 43.8. The summed E-state index contributed by atoms with van der Waals surface area (Å²) in [6, 6.07) is 6.53. The van der Waals surface area contributed by atoms with E-state index in [-0.39, 0.29) is 18.5 Å². The molecule has 1 atom stereocenters. The van der Waals surface area contributed by atoms with E-state index in [1.54, 1.807) is 45.7 Å². The number of carbonyl (C=O) groups is 1. The summed E-state index contributed by atoms with van der Waals surface area (Å²) in [5.41, 5.74) is 3.72. The molecule has 4 aromatic rings. The van der Waals surface area contributed by atoms with Gasteiger partial charge in [0, 0.05) is 48.6 Å². The average molecular weight is 452 g/mol. The predicted octanol–water partition coefficient (Wildman–Crippen LogP) is 4.44. The Bertz CT molecular complexity index is 1360. The molecule has 5 rings (SSSR count). The summed E-state index contributed by atoms with van der Waals surface area (Å²) >= 11 is 0. The van der Waals surface area contributed by atoms with Gasteiger partial charge in [-0.25, -0.2) is 18.2 Å². The predicted molar refractivity (Wildman–Crippen MR) is 117 cm³/mol. The average Bonchev–Trinajstić information content (AvgIpc) is 3.34. The van der Waals surface area contributed by atoms with Crippen molar-refractivity contribution < 1.29 is 18.0 Å². The molecule has 0 radical (unpaired) electrons. The van der Waals surface area contributed by atoms with Crippen LogP contribution < -0.4 is 0 Å². The molecular formula is C24H22F3N5O. The van der Waals surface area contributed by atoms with Crippen LogP contribution in [0.25, 0.3) is 22.3 Å². The maximum Gasteiger partial charge on any atom is 0.255 e. The number of hydrogen-bond donors (Lipinski definition) is 0. The monoisotopic (exact) mass is 452 g/mol. The van der Waals surface area contributed by atoms with Crippen LogP contribution in [-0.2, 0) is 20.0 Å². The van der Waals surface area contributed by atoms with Gasteiger partial charge in [-0.1, -0.05) is 0 Å². The molecule has 1 aromatic carbocycles. The first kappa shape index (κ1) is 21.2. The Morgan fingerprint density at radius 3 is 2.67 bits per heavy atom. The van der Waals surface area contributed by atoms with Gasteiger partial charge in [-0.05, 0) is 37.6 Å². The SMILES string of the molecule is C[C@H]1c2nn(C)c(-c3cc(F)cc(F)c3)c2CCN1C(=O)c1ccnc2c1ccn2CC[18F]. The van der Waals surface area contributed by atoms with Gasteiger partial charge < -0.3 is 9.47 Å². The lowest BCUT2D eigenvalue weighted by Gasteiger charge is -2.33. The second kappa shape index (κ2) is 8.06. The molecule has 1 aliphatic rings. The maximum absolute atomic E-state index is 13.8. The quantitative estimate of drug-likeness (QED) is 0.460. The summed E-state index contributed by atoms with van der Waals surface area (Å²) in [7, 11) is 1.73. The molecule has 0 fully saturated rings. The van der Waals surface area contributed by atoms with Crippen molar-refractivity contribution in [2.24, 2.45) is 7.05 Å². The van der Waals surface area contributed by atoms with E-state index in [0.717, 1.165) is 11.6 Å². The fourth-order valence-electron chi connectivity index (χ4n) is 4.78. The zero-order valence-corrected chi connectivity index (χ0v) is 18.2. The van der Waals surface area contributed by atoms with E-state index < -0.39 is 18.3 Å². The normalized spacial score (nSPS) is 15.8. The highest BCUT2D eigenvalue weighted by atomic mass is 19.1. The molecule has 1 amide bonds. The van der Waals surface area contributed by atoms with Crippen LogP contribution in [0, 0.1) is 11.6 Å². The van der Waals surface area contributed by atoms with Gasteiger partial charge in [-0.3, -0.25) is 9.48 Å². The number of rotatable bonds is 4. The number of amides is 1. The van der Waals surface area contributed by atoms with E-state index in [9.17, 15) is 18.0 Å². The zero-order valence-electron chi connectivity index (χ0n) is 18.2. The largest absolute Gasteiger partial charge is 0.330 e. The molecule has 170 valence electrons. The van der Waals surface area contributed by atoms with E-state index in [1.807, 2.05) is 6.92 Å². The molecule has 0 bridgehead atoms. The number of hydrogen-bond acceptors (Lipinski definition) is 3. The van der Waals surface area contributed by atoms with Gasteiger partial charge in [0.25, 0.3) is 5.91 Å². The van der Waals surface area contributed by atoms with Gasteiger partial charge in [0.05, 0.1) is 29.5 Å². The molecule has 33 heavy (non-hydrogen) atoms. The summed E-state index contributed by atoms with van der Waals surface area (Å²) in [5.74, 6) is -1.47. The van der Waals surface area contributed by atoms with Gasteiger partial charge in [-0.2, -0.15) is 5.10 Å². The third kappa shape index (κ3) is 3.48. The Morgan fingerprint density at radius 1 is 1.18 bits per heavy atom. The minimum Gasteiger partial charge on any atom is -0.330 e. The van der Waals surface area contributed by atoms with Crippen LogP contribution in [0.3, 0.4) is 0 Å². The van der Waals surface area contributed by atoms with Crippen LogP contribution >= 0.6 is 0 Å². The molecule has 0 N–H and O–H groups in total. The number of pyridine rings is 1. The standard InChI is InChI=1S/C24H22F3N5O/c1-14-21-20(22(30(2)29-21)15-11-16(26)13-17(27)12-15)5-9-32(14)24(33)19-3-7-28-23-18(19)4-8-31(23)10-6-25/h3-4,7-8,11-14H,5-6,9-10H2,1-2H3/t14-/m0/s1/i25-1. The Morgan fingerprint density at radius 2 is 1.94 bits per heavy atom. The minimum absolute atomic E-state index is 0.164. The van der Waals surface area contributed by atoms with Gasteiger partial charge in [0.15, 0.2) is 0 Å². The summed E-state index contributed by atoms with van der Waals surface area (Å²) in [6.07, 6.45) is 3.79. The summed E-state index contributed by atoms with van der Waals surface area (Å²) in [6.45, 7) is 1.98. The third-order valence-corrected chi connectivity index (χ3v) is 6.26. The summed E-state index contributed by atoms with van der Waals surface area (Å²) in [4.78, 5) is 19.6. The highest BCUT2D eigenvalue weighted by molar-refractivity contribution is 6.05. The van der Waals surface area contributed by atoms with Crippen LogP contribution in [0.2, 0.25) is 0 Å². The second-order valence-corrected chi connectivity index (χ2v) is 8.21. The van der Waals surface area contributed by atoms with Crippen LogP contribution in [0.4, 0.5) is 13.2 Å². The van der Waals surface area contributed by atoms with Gasteiger partial charge in [0.1, 0.15) is 24.0 Å². The van der Waals surface area contributed by atoms with Gasteiger partial charge in [0.2, 0.25) is 0 Å². The highest BCUT2D eigenvalue weighted by Crippen LogP contribution is 2.37. The highest BCUT2D eigenvalue weighted by Gasteiger charge is 2.34. The first-order chi connectivity index (χ1) is 15.9. The molecule has 0 spiro atoms. The molecule has 0 unspecified atom stereocenters. The molecule has 0 saturated carbocycles. The minimum atomic E-state index is -0.651. The Labute approximate surface area is 188 Å². The molecule has 0 aliphatic carbocycles. The Kier molecular flexibility index (Phi) is 5.19. The van der Waals surface area contributed by atoms with E-state index in [0.29, 0.717) is 46.5 Å². The lowest BCUT2D eigenvalue weighted by molar-refractivity contribution is 0.0675. The fraction of sp³-hybridized carbons (Fsp3) is 0.292. The van der Waals surface area contributed by atoms with E-state index in [4.69, 9.17) is 0 Å². The van der Waals surface area contributed by atoms with Gasteiger partial charge >= 0.3 is 0 Å². The number of aromatic nitrogens is 4. The fourth-order valence-corrected chi connectivity index (χ4v) is 4.78. The van der Waals surface area contributed by atoms with Crippen molar-refractivity contribution in [1.82, 2.24) is 24.2 Å². The molecular weight excluding hydrogens is 430 g/mol. The van der Waals surface area contributed by atoms with Crippen LogP contribution in [0.5, 0.6) is 0 Å². The number of aryl methyl sites for hydroxylation is 2. The molecule has 3 aromatic heterocycles. The third-order valence-electron chi connectivity index (χ3n) is 6.26. The first-order valence-electron chi connectivity index (χ1n) is 10.7. The molecule has 0 saturated heterocycles. The van der Waals surface area contributed by atoms with E-state index >= 15 is 0 Å². The molecule has 9 heteroatoms. The Balaban J connectivity index is 1.51.